The lowest BCUT2D eigenvalue weighted by Gasteiger charge is -2.11. The van der Waals surface area contributed by atoms with Crippen LogP contribution in [0.2, 0.25) is 0 Å². The van der Waals surface area contributed by atoms with E-state index in [0.29, 0.717) is 23.6 Å². The molecular weight excluding hydrogens is 440 g/mol. The second kappa shape index (κ2) is 10.4. The second-order valence-corrected chi connectivity index (χ2v) is 7.50. The highest BCUT2D eigenvalue weighted by Gasteiger charge is 2.13. The minimum atomic E-state index is -0.443. The Bertz CT molecular complexity index is 1100. The number of hydrogen-bond donors (Lipinski definition) is 1. The predicted octanol–water partition coefficient (Wildman–Crippen LogP) is 6.14. The quantitative estimate of drug-likeness (QED) is 0.340. The molecule has 0 saturated carbocycles. The first-order chi connectivity index (χ1) is 14.6. The van der Waals surface area contributed by atoms with E-state index in [1.54, 1.807) is 6.08 Å². The van der Waals surface area contributed by atoms with E-state index in [9.17, 15) is 10.1 Å². The summed E-state index contributed by atoms with van der Waals surface area (Å²) >= 11 is 3.42. The summed E-state index contributed by atoms with van der Waals surface area (Å²) in [5.74, 6) is 0.163. The van der Waals surface area contributed by atoms with Crippen molar-refractivity contribution in [3.63, 3.8) is 0 Å². The Morgan fingerprint density at radius 3 is 2.50 bits per heavy atom. The molecule has 0 aliphatic heterocycles. The number of halogens is 1. The maximum absolute atomic E-state index is 12.7. The number of aryl methyl sites for hydroxylation is 1. The van der Waals surface area contributed by atoms with E-state index in [0.717, 1.165) is 22.0 Å². The first-order valence-electron chi connectivity index (χ1n) is 9.58. The number of anilines is 1. The van der Waals surface area contributed by atoms with E-state index < -0.39 is 5.91 Å². The summed E-state index contributed by atoms with van der Waals surface area (Å²) in [6.45, 7) is 2.40. The van der Waals surface area contributed by atoms with Crippen molar-refractivity contribution in [2.45, 2.75) is 20.0 Å². The Kier molecular flexibility index (Phi) is 7.42. The second-order valence-electron chi connectivity index (χ2n) is 6.59. The number of carbonyl (C=O) groups is 1. The Hall–Kier alpha value is -3.36. The van der Waals surface area contributed by atoms with Crippen LogP contribution in [0.15, 0.2) is 82.8 Å². The van der Waals surface area contributed by atoms with Gasteiger partial charge in [-0.05, 0) is 47.9 Å². The standard InChI is InChI=1S/C25H21BrN2O2/c1-2-19-7-3-5-9-23(19)28-25(29)21(16-27)15-20-8-4-6-10-24(20)30-17-18-11-13-22(26)14-12-18/h3-15H,2,17H2,1H3,(H,28,29)/b21-15+. The Labute approximate surface area is 184 Å². The molecular formula is C25H21BrN2O2. The van der Waals surface area contributed by atoms with Crippen molar-refractivity contribution in [3.05, 3.63) is 99.5 Å². The number of ether oxygens (including phenoxy) is 1. The van der Waals surface area contributed by atoms with Crippen LogP contribution in [0.25, 0.3) is 6.08 Å². The van der Waals surface area contributed by atoms with Crippen LogP contribution in [-0.4, -0.2) is 5.91 Å². The zero-order chi connectivity index (χ0) is 21.3. The van der Waals surface area contributed by atoms with Crippen molar-refractivity contribution in [3.8, 4) is 11.8 Å². The molecule has 0 saturated heterocycles. The van der Waals surface area contributed by atoms with Crippen molar-refractivity contribution >= 4 is 33.6 Å². The molecule has 30 heavy (non-hydrogen) atoms. The van der Waals surface area contributed by atoms with Crippen LogP contribution in [0, 0.1) is 11.3 Å². The summed E-state index contributed by atoms with van der Waals surface area (Å²) in [6.07, 6.45) is 2.34. The highest BCUT2D eigenvalue weighted by molar-refractivity contribution is 9.10. The van der Waals surface area contributed by atoms with Crippen molar-refractivity contribution < 1.29 is 9.53 Å². The minimum Gasteiger partial charge on any atom is -0.488 e. The fourth-order valence-corrected chi connectivity index (χ4v) is 3.18. The molecule has 0 spiro atoms. The highest BCUT2D eigenvalue weighted by atomic mass is 79.9. The molecule has 150 valence electrons. The first-order valence-corrected chi connectivity index (χ1v) is 10.4. The van der Waals surface area contributed by atoms with Gasteiger partial charge in [-0.1, -0.05) is 71.4 Å². The van der Waals surface area contributed by atoms with Crippen LogP contribution in [0.5, 0.6) is 5.75 Å². The van der Waals surface area contributed by atoms with E-state index in [1.165, 1.54) is 0 Å². The summed E-state index contributed by atoms with van der Waals surface area (Å²) in [7, 11) is 0. The number of rotatable bonds is 7. The maximum Gasteiger partial charge on any atom is 0.266 e. The number of nitrogens with zero attached hydrogens (tertiary/aromatic N) is 1. The third-order valence-electron chi connectivity index (χ3n) is 4.54. The molecule has 0 aromatic heterocycles. The average Bonchev–Trinajstić information content (AvgIpc) is 2.78. The number of carbonyl (C=O) groups excluding carboxylic acids is 1. The first kappa shape index (κ1) is 21.4. The molecule has 3 rings (SSSR count). The molecule has 0 unspecified atom stereocenters. The molecule has 0 aliphatic carbocycles. The Morgan fingerprint density at radius 2 is 1.77 bits per heavy atom. The lowest BCUT2D eigenvalue weighted by Crippen LogP contribution is -2.14. The fourth-order valence-electron chi connectivity index (χ4n) is 2.92. The smallest absolute Gasteiger partial charge is 0.266 e. The van der Waals surface area contributed by atoms with E-state index in [1.807, 2.05) is 85.8 Å². The van der Waals surface area contributed by atoms with Gasteiger partial charge in [0.2, 0.25) is 0 Å². The molecule has 0 bridgehead atoms. The number of para-hydroxylation sites is 2. The monoisotopic (exact) mass is 460 g/mol. The van der Waals surface area contributed by atoms with Gasteiger partial charge in [-0.2, -0.15) is 5.26 Å². The van der Waals surface area contributed by atoms with E-state index in [-0.39, 0.29) is 5.57 Å². The zero-order valence-corrected chi connectivity index (χ0v) is 18.1. The lowest BCUT2D eigenvalue weighted by atomic mass is 10.1. The third-order valence-corrected chi connectivity index (χ3v) is 5.07. The summed E-state index contributed by atoms with van der Waals surface area (Å²) in [4.78, 5) is 12.7. The van der Waals surface area contributed by atoms with Gasteiger partial charge in [0.05, 0.1) is 0 Å². The maximum atomic E-state index is 12.7. The van der Waals surface area contributed by atoms with E-state index in [4.69, 9.17) is 4.74 Å². The van der Waals surface area contributed by atoms with Crippen LogP contribution in [-0.2, 0) is 17.8 Å². The van der Waals surface area contributed by atoms with Gasteiger partial charge >= 0.3 is 0 Å². The largest absolute Gasteiger partial charge is 0.488 e. The minimum absolute atomic E-state index is 0.0144. The molecule has 0 fully saturated rings. The van der Waals surface area contributed by atoms with Crippen molar-refractivity contribution in [2.24, 2.45) is 0 Å². The van der Waals surface area contributed by atoms with Crippen molar-refractivity contribution in [1.29, 1.82) is 5.26 Å². The van der Waals surface area contributed by atoms with Gasteiger partial charge in [0.1, 0.15) is 24.0 Å². The van der Waals surface area contributed by atoms with Gasteiger partial charge in [0.15, 0.2) is 0 Å². The Morgan fingerprint density at radius 1 is 1.07 bits per heavy atom. The topological polar surface area (TPSA) is 62.1 Å². The molecule has 3 aromatic rings. The summed E-state index contributed by atoms with van der Waals surface area (Å²) in [6, 6.07) is 24.8. The van der Waals surface area contributed by atoms with Crippen molar-refractivity contribution in [1.82, 2.24) is 0 Å². The lowest BCUT2D eigenvalue weighted by molar-refractivity contribution is -0.112. The van der Waals surface area contributed by atoms with Crippen LogP contribution in [0.3, 0.4) is 0 Å². The molecule has 1 N–H and O–H groups in total. The highest BCUT2D eigenvalue weighted by Crippen LogP contribution is 2.23. The van der Waals surface area contributed by atoms with Crippen molar-refractivity contribution in [2.75, 3.05) is 5.32 Å². The predicted molar refractivity (Wildman–Crippen MR) is 123 cm³/mol. The van der Waals surface area contributed by atoms with Crippen LogP contribution in [0.1, 0.15) is 23.6 Å². The normalized spacial score (nSPS) is 10.9. The molecule has 0 heterocycles. The van der Waals surface area contributed by atoms with Gasteiger partial charge in [-0.3, -0.25) is 4.79 Å². The fraction of sp³-hybridized carbons (Fsp3) is 0.120. The van der Waals surface area contributed by atoms with Crippen LogP contribution < -0.4 is 10.1 Å². The van der Waals surface area contributed by atoms with E-state index in [2.05, 4.69) is 21.2 Å². The van der Waals surface area contributed by atoms with Gasteiger partial charge in [0.25, 0.3) is 5.91 Å². The van der Waals surface area contributed by atoms with Gasteiger partial charge in [-0.15, -0.1) is 0 Å². The van der Waals surface area contributed by atoms with Gasteiger partial charge in [0, 0.05) is 15.7 Å². The molecule has 3 aromatic carbocycles. The number of amides is 1. The number of benzene rings is 3. The molecule has 0 atom stereocenters. The molecule has 1 amide bonds. The SMILES string of the molecule is CCc1ccccc1NC(=O)/C(C#N)=C/c1ccccc1OCc1ccc(Br)cc1. The summed E-state index contributed by atoms with van der Waals surface area (Å²) < 4.78 is 6.95. The van der Waals surface area contributed by atoms with E-state index >= 15 is 0 Å². The molecule has 0 radical (unpaired) electrons. The third kappa shape index (κ3) is 5.59. The average molecular weight is 461 g/mol. The molecule has 4 nitrogen and oxygen atoms in total. The number of hydrogen-bond acceptors (Lipinski definition) is 3. The number of nitriles is 1. The van der Waals surface area contributed by atoms with Crippen LogP contribution >= 0.6 is 15.9 Å². The van der Waals surface area contributed by atoms with Gasteiger partial charge < -0.3 is 10.1 Å². The summed E-state index contributed by atoms with van der Waals surface area (Å²) in [5.41, 5.74) is 3.43. The van der Waals surface area contributed by atoms with Crippen LogP contribution in [0.4, 0.5) is 5.69 Å². The molecule has 5 heteroatoms. The summed E-state index contributed by atoms with van der Waals surface area (Å²) in [5, 5.41) is 12.4. The Balaban J connectivity index is 1.79. The van der Waals surface area contributed by atoms with Gasteiger partial charge in [-0.25, -0.2) is 0 Å². The molecule has 0 aliphatic rings. The zero-order valence-electron chi connectivity index (χ0n) is 16.6. The number of nitrogens with one attached hydrogen (secondary N) is 1.